The first-order chi connectivity index (χ1) is 16.2. The molecule has 3 aliphatic rings. The zero-order valence-corrected chi connectivity index (χ0v) is 22.0. The topological polar surface area (TPSA) is 83.5 Å². The Morgan fingerprint density at radius 3 is 1.85 bits per heavy atom. The summed E-state index contributed by atoms with van der Waals surface area (Å²) in [6, 6.07) is 6.01. The molecule has 4 rings (SSSR count). The van der Waals surface area contributed by atoms with Crippen LogP contribution < -0.4 is 5.32 Å². The third kappa shape index (κ3) is 8.39. The molecule has 0 bridgehead atoms. The van der Waals surface area contributed by atoms with E-state index in [2.05, 4.69) is 5.32 Å². The van der Waals surface area contributed by atoms with E-state index in [4.69, 9.17) is 11.6 Å². The van der Waals surface area contributed by atoms with Gasteiger partial charge in [0.25, 0.3) is 0 Å². The molecule has 0 atom stereocenters. The minimum Gasteiger partial charge on any atom is -0.478 e. The third-order valence-electron chi connectivity index (χ3n) is 7.36. The van der Waals surface area contributed by atoms with Crippen LogP contribution in [0.25, 0.3) is 5.57 Å². The lowest BCUT2D eigenvalue weighted by molar-refractivity contribution is -0.130. The van der Waals surface area contributed by atoms with Crippen molar-refractivity contribution in [2.24, 2.45) is 5.92 Å². The van der Waals surface area contributed by atoms with Crippen LogP contribution in [0, 0.1) is 5.92 Å². The Labute approximate surface area is 210 Å². The molecule has 1 aromatic rings. The number of nitrogens with one attached hydrogen (secondary N) is 1. The molecule has 3 saturated carbocycles. The molecule has 3 aliphatic carbocycles. The van der Waals surface area contributed by atoms with Crippen molar-refractivity contribution in [3.05, 3.63) is 34.9 Å². The number of hydrogen-bond donors (Lipinski definition) is 2. The smallest absolute Gasteiger partial charge is 0.335 e. The van der Waals surface area contributed by atoms with Crippen LogP contribution in [0.5, 0.6) is 0 Å². The Balaban J connectivity index is 0.000000212. The largest absolute Gasteiger partial charge is 0.478 e. The number of sulfone groups is 1. The van der Waals surface area contributed by atoms with Gasteiger partial charge in [0.2, 0.25) is 0 Å². The van der Waals surface area contributed by atoms with Crippen LogP contribution in [0.4, 0.5) is 0 Å². The standard InChI is InChI=1S/C15H17ClO4S.C12H23N/c1-21(19,20)14-7-6-11(9-13(14)16)12(15(17)18)8-10-4-2-3-5-10;1-3-7-11(8-4-1)13-12-9-5-2-6-10-12/h6-10H,2-5H2,1H3,(H,17,18);11-13H,1-10H2. The molecular weight excluding hydrogens is 470 g/mol. The maximum atomic E-state index is 11.5. The summed E-state index contributed by atoms with van der Waals surface area (Å²) in [6.45, 7) is 0. The van der Waals surface area contributed by atoms with Crippen molar-refractivity contribution in [1.29, 1.82) is 0 Å². The predicted octanol–water partition coefficient (Wildman–Crippen LogP) is 6.64. The lowest BCUT2D eigenvalue weighted by Crippen LogP contribution is -2.40. The quantitative estimate of drug-likeness (QED) is 0.420. The molecule has 0 amide bonds. The van der Waals surface area contributed by atoms with Gasteiger partial charge in [-0.05, 0) is 62.1 Å². The van der Waals surface area contributed by atoms with Crippen LogP contribution in [0.2, 0.25) is 5.02 Å². The highest BCUT2D eigenvalue weighted by Crippen LogP contribution is 2.31. The first-order valence-corrected chi connectivity index (χ1v) is 15.2. The van der Waals surface area contributed by atoms with Gasteiger partial charge in [0.05, 0.1) is 15.5 Å². The highest BCUT2D eigenvalue weighted by atomic mass is 35.5. The van der Waals surface area contributed by atoms with E-state index in [1.807, 2.05) is 0 Å². The van der Waals surface area contributed by atoms with E-state index in [1.165, 1.54) is 82.4 Å². The Morgan fingerprint density at radius 2 is 1.41 bits per heavy atom. The Morgan fingerprint density at radius 1 is 0.912 bits per heavy atom. The van der Waals surface area contributed by atoms with Crippen molar-refractivity contribution in [2.45, 2.75) is 107 Å². The molecule has 1 aromatic carbocycles. The molecule has 34 heavy (non-hydrogen) atoms. The number of halogens is 1. The predicted molar refractivity (Wildman–Crippen MR) is 139 cm³/mol. The molecule has 3 fully saturated rings. The van der Waals surface area contributed by atoms with Crippen molar-refractivity contribution in [3.8, 4) is 0 Å². The normalized spacial score (nSPS) is 21.2. The van der Waals surface area contributed by atoms with Crippen LogP contribution in [0.3, 0.4) is 0 Å². The summed E-state index contributed by atoms with van der Waals surface area (Å²) in [5.41, 5.74) is 0.621. The molecule has 0 heterocycles. The number of benzene rings is 1. The van der Waals surface area contributed by atoms with E-state index in [1.54, 1.807) is 6.08 Å². The number of rotatable bonds is 6. The van der Waals surface area contributed by atoms with E-state index >= 15 is 0 Å². The fraction of sp³-hybridized carbons (Fsp3) is 0.667. The summed E-state index contributed by atoms with van der Waals surface area (Å²) in [4.78, 5) is 11.5. The van der Waals surface area contributed by atoms with Gasteiger partial charge in [0.1, 0.15) is 0 Å². The van der Waals surface area contributed by atoms with Gasteiger partial charge in [-0.3, -0.25) is 0 Å². The SMILES string of the molecule is C1CCC(NC2CCCCC2)CC1.CS(=O)(=O)c1ccc(C(=CC2CCCC2)C(=O)O)cc1Cl. The number of carbonyl (C=O) groups is 1. The summed E-state index contributed by atoms with van der Waals surface area (Å²) in [5, 5.41) is 13.3. The molecule has 0 aliphatic heterocycles. The van der Waals surface area contributed by atoms with Gasteiger partial charge in [-0.2, -0.15) is 0 Å². The number of carboxylic acid groups (broad SMARTS) is 1. The van der Waals surface area contributed by atoms with Crippen LogP contribution >= 0.6 is 11.6 Å². The van der Waals surface area contributed by atoms with E-state index in [9.17, 15) is 18.3 Å². The molecule has 190 valence electrons. The summed E-state index contributed by atoms with van der Waals surface area (Å²) < 4.78 is 23.1. The number of hydrogen-bond acceptors (Lipinski definition) is 4. The van der Waals surface area contributed by atoms with Crippen LogP contribution in [-0.2, 0) is 14.6 Å². The van der Waals surface area contributed by atoms with Crippen LogP contribution in [-0.4, -0.2) is 37.8 Å². The minimum atomic E-state index is -3.42. The number of aliphatic carboxylic acids is 1. The minimum absolute atomic E-state index is 0.0125. The first kappa shape index (κ1) is 27.2. The molecule has 7 heteroatoms. The van der Waals surface area contributed by atoms with Gasteiger partial charge in [-0.15, -0.1) is 0 Å². The van der Waals surface area contributed by atoms with Crippen molar-refractivity contribution >= 4 is 33.0 Å². The Hall–Kier alpha value is -1.37. The molecule has 0 radical (unpaired) electrons. The monoisotopic (exact) mass is 509 g/mol. The maximum absolute atomic E-state index is 11.5. The molecule has 2 N–H and O–H groups in total. The Kier molecular flexibility index (Phi) is 10.5. The van der Waals surface area contributed by atoms with E-state index < -0.39 is 15.8 Å². The lowest BCUT2D eigenvalue weighted by atomic mass is 9.91. The van der Waals surface area contributed by atoms with Gasteiger partial charge in [-0.25, -0.2) is 13.2 Å². The Bertz CT molecular complexity index is 925. The second kappa shape index (κ2) is 13.1. The maximum Gasteiger partial charge on any atom is 0.335 e. The summed E-state index contributed by atoms with van der Waals surface area (Å²) >= 11 is 5.98. The number of allylic oxidation sites excluding steroid dienone is 1. The summed E-state index contributed by atoms with van der Waals surface area (Å²) in [7, 11) is -3.42. The average molecular weight is 510 g/mol. The van der Waals surface area contributed by atoms with E-state index in [0.717, 1.165) is 44.0 Å². The fourth-order valence-corrected chi connectivity index (χ4v) is 6.82. The number of carboxylic acids is 1. The zero-order valence-electron chi connectivity index (χ0n) is 20.4. The summed E-state index contributed by atoms with van der Waals surface area (Å²) in [5.74, 6) is -0.755. The molecule has 0 spiro atoms. The molecular formula is C27H40ClNO4S. The van der Waals surface area contributed by atoms with Gasteiger partial charge in [-0.1, -0.05) is 75.1 Å². The van der Waals surface area contributed by atoms with Crippen molar-refractivity contribution < 1.29 is 18.3 Å². The van der Waals surface area contributed by atoms with Crippen LogP contribution in [0.15, 0.2) is 29.2 Å². The first-order valence-electron chi connectivity index (χ1n) is 12.9. The second-order valence-corrected chi connectivity index (χ2v) is 12.6. The van der Waals surface area contributed by atoms with E-state index in [0.29, 0.717) is 5.56 Å². The van der Waals surface area contributed by atoms with Crippen LogP contribution in [0.1, 0.15) is 95.5 Å². The van der Waals surface area contributed by atoms with Gasteiger partial charge in [0.15, 0.2) is 9.84 Å². The van der Waals surface area contributed by atoms with Gasteiger partial charge >= 0.3 is 5.97 Å². The van der Waals surface area contributed by atoms with Crippen molar-refractivity contribution in [3.63, 3.8) is 0 Å². The van der Waals surface area contributed by atoms with Crippen molar-refractivity contribution in [2.75, 3.05) is 6.26 Å². The highest BCUT2D eigenvalue weighted by Gasteiger charge is 2.21. The van der Waals surface area contributed by atoms with E-state index in [-0.39, 0.29) is 21.4 Å². The van der Waals surface area contributed by atoms with Gasteiger partial charge in [0, 0.05) is 18.3 Å². The summed E-state index contributed by atoms with van der Waals surface area (Å²) in [6.07, 6.45) is 21.6. The van der Waals surface area contributed by atoms with Gasteiger partial charge < -0.3 is 10.4 Å². The molecule has 0 saturated heterocycles. The highest BCUT2D eigenvalue weighted by molar-refractivity contribution is 7.90. The third-order valence-corrected chi connectivity index (χ3v) is 8.94. The van der Waals surface area contributed by atoms with Crippen molar-refractivity contribution in [1.82, 2.24) is 5.32 Å². The fourth-order valence-electron chi connectivity index (χ4n) is 5.49. The lowest BCUT2D eigenvalue weighted by Gasteiger charge is -2.30. The molecule has 5 nitrogen and oxygen atoms in total. The second-order valence-electron chi connectivity index (χ2n) is 10.2. The molecule has 0 aromatic heterocycles. The average Bonchev–Trinajstić information content (AvgIpc) is 3.32. The zero-order chi connectivity index (χ0) is 24.6. The molecule has 0 unspecified atom stereocenters.